The lowest BCUT2D eigenvalue weighted by Crippen LogP contribution is -2.05. The van der Waals surface area contributed by atoms with Gasteiger partial charge in [-0.25, -0.2) is 0 Å². The molecule has 3 heteroatoms. The second kappa shape index (κ2) is 5.86. The number of Topliss-reactive ketones (excluding diaryl/α,β-unsaturated/α-hetero) is 1. The van der Waals surface area contributed by atoms with Crippen molar-refractivity contribution in [1.82, 2.24) is 0 Å². The standard InChI is InChI=1S/C18H15BrO2/c1-2-16-18(14-5-3-4-6-17(14)21-16)15(20)11-12-7-9-13(19)10-8-12/h3-10H,2,11H2,1H3. The van der Waals surface area contributed by atoms with Crippen LogP contribution in [0, 0.1) is 0 Å². The van der Waals surface area contributed by atoms with Crippen molar-refractivity contribution in [3.05, 3.63) is 69.9 Å². The minimum Gasteiger partial charge on any atom is -0.460 e. The van der Waals surface area contributed by atoms with E-state index in [4.69, 9.17) is 4.42 Å². The van der Waals surface area contributed by atoms with Crippen LogP contribution in [-0.2, 0) is 12.8 Å². The van der Waals surface area contributed by atoms with Gasteiger partial charge >= 0.3 is 0 Å². The third-order valence-electron chi connectivity index (χ3n) is 3.55. The van der Waals surface area contributed by atoms with Gasteiger partial charge in [0, 0.05) is 22.7 Å². The van der Waals surface area contributed by atoms with Crippen LogP contribution in [0.3, 0.4) is 0 Å². The van der Waals surface area contributed by atoms with Gasteiger partial charge in [0.05, 0.1) is 5.56 Å². The molecule has 0 fully saturated rings. The van der Waals surface area contributed by atoms with Crippen molar-refractivity contribution in [3.8, 4) is 0 Å². The van der Waals surface area contributed by atoms with E-state index >= 15 is 0 Å². The van der Waals surface area contributed by atoms with Gasteiger partial charge in [0.15, 0.2) is 5.78 Å². The van der Waals surface area contributed by atoms with E-state index in [1.807, 2.05) is 55.5 Å². The van der Waals surface area contributed by atoms with Gasteiger partial charge in [-0.3, -0.25) is 4.79 Å². The van der Waals surface area contributed by atoms with Crippen LogP contribution in [0.15, 0.2) is 57.4 Å². The Labute approximate surface area is 131 Å². The number of para-hydroxylation sites is 1. The van der Waals surface area contributed by atoms with Gasteiger partial charge in [0.2, 0.25) is 0 Å². The van der Waals surface area contributed by atoms with Gasteiger partial charge in [-0.2, -0.15) is 0 Å². The summed E-state index contributed by atoms with van der Waals surface area (Å²) < 4.78 is 6.81. The fraction of sp³-hybridized carbons (Fsp3) is 0.167. The van der Waals surface area contributed by atoms with Crippen LogP contribution in [0.4, 0.5) is 0 Å². The topological polar surface area (TPSA) is 30.2 Å². The number of ketones is 1. The molecule has 3 aromatic rings. The zero-order valence-electron chi connectivity index (χ0n) is 11.7. The van der Waals surface area contributed by atoms with Gasteiger partial charge in [-0.1, -0.05) is 53.2 Å². The van der Waals surface area contributed by atoms with Crippen LogP contribution in [0.2, 0.25) is 0 Å². The van der Waals surface area contributed by atoms with Crippen molar-refractivity contribution in [3.63, 3.8) is 0 Å². The number of carbonyl (C=O) groups is 1. The fourth-order valence-electron chi connectivity index (χ4n) is 2.53. The molecule has 0 N–H and O–H groups in total. The van der Waals surface area contributed by atoms with Gasteiger partial charge in [0.1, 0.15) is 11.3 Å². The highest BCUT2D eigenvalue weighted by Crippen LogP contribution is 2.27. The maximum atomic E-state index is 12.7. The van der Waals surface area contributed by atoms with Crippen LogP contribution in [0.1, 0.15) is 28.6 Å². The number of aryl methyl sites for hydroxylation is 1. The third-order valence-corrected chi connectivity index (χ3v) is 4.07. The van der Waals surface area contributed by atoms with E-state index in [-0.39, 0.29) is 5.78 Å². The number of hydrogen-bond donors (Lipinski definition) is 0. The largest absolute Gasteiger partial charge is 0.460 e. The fourth-order valence-corrected chi connectivity index (χ4v) is 2.79. The van der Waals surface area contributed by atoms with Crippen molar-refractivity contribution in [2.45, 2.75) is 19.8 Å². The molecule has 2 aromatic carbocycles. The Morgan fingerprint density at radius 2 is 1.81 bits per heavy atom. The molecule has 3 rings (SSSR count). The minimum absolute atomic E-state index is 0.110. The molecule has 0 atom stereocenters. The number of carbonyl (C=O) groups excluding carboxylic acids is 1. The van der Waals surface area contributed by atoms with Crippen LogP contribution in [0.25, 0.3) is 11.0 Å². The molecule has 2 nitrogen and oxygen atoms in total. The molecule has 21 heavy (non-hydrogen) atoms. The predicted molar refractivity (Wildman–Crippen MR) is 87.8 cm³/mol. The summed E-state index contributed by atoms with van der Waals surface area (Å²) in [6, 6.07) is 15.6. The molecule has 0 aliphatic carbocycles. The first-order chi connectivity index (χ1) is 10.2. The first kappa shape index (κ1) is 14.1. The van der Waals surface area contributed by atoms with E-state index < -0.39 is 0 Å². The van der Waals surface area contributed by atoms with Gasteiger partial charge < -0.3 is 4.42 Å². The van der Waals surface area contributed by atoms with E-state index in [1.165, 1.54) is 0 Å². The average Bonchev–Trinajstić information content (AvgIpc) is 2.88. The Morgan fingerprint density at radius 3 is 2.52 bits per heavy atom. The molecule has 106 valence electrons. The molecule has 0 radical (unpaired) electrons. The molecule has 0 unspecified atom stereocenters. The number of furan rings is 1. The van der Waals surface area contributed by atoms with Crippen LogP contribution >= 0.6 is 15.9 Å². The second-order valence-electron chi connectivity index (χ2n) is 4.98. The molecular weight excluding hydrogens is 328 g/mol. The monoisotopic (exact) mass is 342 g/mol. The summed E-state index contributed by atoms with van der Waals surface area (Å²) >= 11 is 3.41. The summed E-state index contributed by atoms with van der Waals surface area (Å²) in [7, 11) is 0. The number of hydrogen-bond acceptors (Lipinski definition) is 2. The summed E-state index contributed by atoms with van der Waals surface area (Å²) in [6.45, 7) is 2.01. The van der Waals surface area contributed by atoms with E-state index in [2.05, 4.69) is 15.9 Å². The first-order valence-electron chi connectivity index (χ1n) is 6.97. The number of fused-ring (bicyclic) bond motifs is 1. The Kier molecular flexibility index (Phi) is 3.93. The molecule has 0 spiro atoms. The molecular formula is C18H15BrO2. The number of halogens is 1. The first-order valence-corrected chi connectivity index (χ1v) is 7.76. The van der Waals surface area contributed by atoms with E-state index in [0.29, 0.717) is 6.42 Å². The maximum absolute atomic E-state index is 12.7. The highest BCUT2D eigenvalue weighted by atomic mass is 79.9. The van der Waals surface area contributed by atoms with Gasteiger partial charge in [-0.05, 0) is 23.8 Å². The number of rotatable bonds is 4. The summed E-state index contributed by atoms with van der Waals surface area (Å²) in [4.78, 5) is 12.7. The van der Waals surface area contributed by atoms with Crippen molar-refractivity contribution >= 4 is 32.7 Å². The summed E-state index contributed by atoms with van der Waals surface area (Å²) in [6.07, 6.45) is 1.11. The van der Waals surface area contributed by atoms with Crippen LogP contribution in [-0.4, -0.2) is 5.78 Å². The quantitative estimate of drug-likeness (QED) is 0.611. The zero-order chi connectivity index (χ0) is 14.8. The van der Waals surface area contributed by atoms with E-state index in [0.717, 1.165) is 38.7 Å². The van der Waals surface area contributed by atoms with Gasteiger partial charge in [0.25, 0.3) is 0 Å². The predicted octanol–water partition coefficient (Wildman–Crippen LogP) is 5.18. The highest BCUT2D eigenvalue weighted by molar-refractivity contribution is 9.10. The minimum atomic E-state index is 0.110. The molecule has 1 heterocycles. The molecule has 0 saturated carbocycles. The normalized spacial score (nSPS) is 11.0. The van der Waals surface area contributed by atoms with Crippen molar-refractivity contribution in [2.24, 2.45) is 0 Å². The third kappa shape index (κ3) is 2.79. The van der Waals surface area contributed by atoms with Crippen LogP contribution in [0.5, 0.6) is 0 Å². The van der Waals surface area contributed by atoms with E-state index in [9.17, 15) is 4.79 Å². The molecule has 0 bridgehead atoms. The Morgan fingerprint density at radius 1 is 1.10 bits per heavy atom. The zero-order valence-corrected chi connectivity index (χ0v) is 13.3. The molecule has 1 aromatic heterocycles. The lowest BCUT2D eigenvalue weighted by atomic mass is 9.99. The van der Waals surface area contributed by atoms with Crippen molar-refractivity contribution in [1.29, 1.82) is 0 Å². The molecule has 0 amide bonds. The summed E-state index contributed by atoms with van der Waals surface area (Å²) in [5.74, 6) is 0.887. The average molecular weight is 343 g/mol. The maximum Gasteiger partial charge on any atom is 0.171 e. The Balaban J connectivity index is 1.99. The molecule has 0 aliphatic heterocycles. The SMILES string of the molecule is CCc1oc2ccccc2c1C(=O)Cc1ccc(Br)cc1. The Hall–Kier alpha value is -1.87. The molecule has 0 aliphatic rings. The summed E-state index contributed by atoms with van der Waals surface area (Å²) in [5, 5.41) is 0.913. The summed E-state index contributed by atoms with van der Waals surface area (Å²) in [5.41, 5.74) is 2.53. The second-order valence-corrected chi connectivity index (χ2v) is 5.89. The van der Waals surface area contributed by atoms with E-state index in [1.54, 1.807) is 0 Å². The van der Waals surface area contributed by atoms with Crippen LogP contribution < -0.4 is 0 Å². The lowest BCUT2D eigenvalue weighted by molar-refractivity contribution is 0.0992. The Bertz CT molecular complexity index is 785. The molecule has 0 saturated heterocycles. The van der Waals surface area contributed by atoms with Gasteiger partial charge in [-0.15, -0.1) is 0 Å². The van der Waals surface area contributed by atoms with Crippen molar-refractivity contribution in [2.75, 3.05) is 0 Å². The smallest absolute Gasteiger partial charge is 0.171 e. The lowest BCUT2D eigenvalue weighted by Gasteiger charge is -2.02. The highest BCUT2D eigenvalue weighted by Gasteiger charge is 2.19. The van der Waals surface area contributed by atoms with Crippen molar-refractivity contribution < 1.29 is 9.21 Å². The number of benzene rings is 2.